The predicted molar refractivity (Wildman–Crippen MR) is 95.9 cm³/mol. The van der Waals surface area contributed by atoms with Crippen LogP contribution in [-0.2, 0) is 16.6 Å². The second-order valence-electron chi connectivity index (χ2n) is 5.08. The molecule has 2 radical (unpaired) electrons. The number of nitrogens with zero attached hydrogens (tertiary/aromatic N) is 2. The van der Waals surface area contributed by atoms with Crippen LogP contribution in [0.3, 0.4) is 0 Å². The Morgan fingerprint density at radius 1 is 1.22 bits per heavy atom. The van der Waals surface area contributed by atoms with E-state index in [0.717, 1.165) is 0 Å². The van der Waals surface area contributed by atoms with Gasteiger partial charge in [-0.2, -0.15) is 8.78 Å². The highest BCUT2D eigenvalue weighted by Gasteiger charge is 2.17. The number of benzene rings is 1. The van der Waals surface area contributed by atoms with Crippen molar-refractivity contribution in [1.82, 2.24) is 15.0 Å². The predicted octanol–water partition coefficient (Wildman–Crippen LogP) is 2.50. The number of methoxy groups -OCH3 is 2. The van der Waals surface area contributed by atoms with Gasteiger partial charge in [-0.05, 0) is 12.1 Å². The van der Waals surface area contributed by atoms with Gasteiger partial charge in [-0.25, -0.2) is 4.98 Å². The van der Waals surface area contributed by atoms with E-state index in [2.05, 4.69) is 19.7 Å². The van der Waals surface area contributed by atoms with Gasteiger partial charge < -0.3 is 19.2 Å². The van der Waals surface area contributed by atoms with Crippen molar-refractivity contribution in [2.75, 3.05) is 14.2 Å². The van der Waals surface area contributed by atoms with Gasteiger partial charge >= 0.3 is 6.61 Å². The summed E-state index contributed by atoms with van der Waals surface area (Å²) < 4.78 is 52.1. The van der Waals surface area contributed by atoms with E-state index >= 15 is 0 Å². The van der Waals surface area contributed by atoms with E-state index in [-0.39, 0.29) is 39.7 Å². The number of ether oxygens (including phenoxy) is 3. The molecule has 0 aliphatic carbocycles. The maximum atomic E-state index is 12.6. The van der Waals surface area contributed by atoms with E-state index in [0.29, 0.717) is 28.2 Å². The van der Waals surface area contributed by atoms with Crippen LogP contribution in [0.15, 0.2) is 35.6 Å². The number of H-pyrrole nitrogens is 1. The number of hydrogen-bond donors (Lipinski definition) is 1. The van der Waals surface area contributed by atoms with Crippen molar-refractivity contribution < 1.29 is 27.2 Å². The zero-order chi connectivity index (χ0) is 18.7. The Labute approximate surface area is 172 Å². The molecule has 1 atom stereocenters. The smallest absolute Gasteiger partial charge is 0.387 e. The monoisotopic (exact) mass is 407 g/mol. The Hall–Kier alpha value is -1.98. The number of pyridine rings is 1. The van der Waals surface area contributed by atoms with E-state index in [9.17, 15) is 13.0 Å². The number of nitrogens with one attached hydrogen (secondary N) is 1. The van der Waals surface area contributed by atoms with Crippen molar-refractivity contribution in [2.45, 2.75) is 17.5 Å². The van der Waals surface area contributed by atoms with Gasteiger partial charge in [0.05, 0.1) is 47.5 Å². The van der Waals surface area contributed by atoms with Crippen molar-refractivity contribution in [1.29, 1.82) is 0 Å². The fraction of sp³-hybridized carbons (Fsp3) is 0.250. The van der Waals surface area contributed by atoms with Crippen LogP contribution in [0.25, 0.3) is 11.0 Å². The van der Waals surface area contributed by atoms with Crippen molar-refractivity contribution in [3.05, 3.63) is 36.2 Å². The number of hydrogen-bond acceptors (Lipinski definition) is 6. The Bertz CT molecular complexity index is 955. The zero-order valence-electron chi connectivity index (χ0n) is 14.6. The molecule has 0 amide bonds. The lowest BCUT2D eigenvalue weighted by Crippen LogP contribution is -2.04. The summed E-state index contributed by atoms with van der Waals surface area (Å²) in [4.78, 5) is 11.3. The maximum absolute atomic E-state index is 12.6. The summed E-state index contributed by atoms with van der Waals surface area (Å²) >= 11 is 0. The molecular formula is C16H15F2MgN3O4S. The molecule has 3 aromatic rings. The molecule has 1 aromatic carbocycles. The Kier molecular flexibility index (Phi) is 7.33. The molecule has 0 saturated heterocycles. The lowest BCUT2D eigenvalue weighted by molar-refractivity contribution is -0.0497. The third kappa shape index (κ3) is 4.85. The van der Waals surface area contributed by atoms with Crippen LogP contribution in [0.4, 0.5) is 8.78 Å². The lowest BCUT2D eigenvalue weighted by atomic mass is 10.3. The minimum atomic E-state index is -2.92. The van der Waals surface area contributed by atoms with Gasteiger partial charge in [0.15, 0.2) is 16.7 Å². The zero-order valence-corrected chi connectivity index (χ0v) is 16.8. The minimum Gasteiger partial charge on any atom is -0.493 e. The molecule has 1 unspecified atom stereocenters. The van der Waals surface area contributed by atoms with Gasteiger partial charge in [0.1, 0.15) is 5.75 Å². The van der Waals surface area contributed by atoms with Crippen molar-refractivity contribution >= 4 is 44.9 Å². The fourth-order valence-electron chi connectivity index (χ4n) is 2.40. The van der Waals surface area contributed by atoms with E-state index < -0.39 is 17.4 Å². The topological polar surface area (TPSA) is 86.3 Å². The van der Waals surface area contributed by atoms with Crippen LogP contribution < -0.4 is 14.2 Å². The maximum Gasteiger partial charge on any atom is 0.387 e. The highest BCUT2D eigenvalue weighted by Crippen LogP contribution is 2.30. The van der Waals surface area contributed by atoms with Crippen LogP contribution in [0, 0.1) is 0 Å². The van der Waals surface area contributed by atoms with E-state index in [1.807, 2.05) is 0 Å². The van der Waals surface area contributed by atoms with Crippen molar-refractivity contribution in [3.63, 3.8) is 0 Å². The van der Waals surface area contributed by atoms with Gasteiger partial charge in [0, 0.05) is 41.4 Å². The molecule has 0 bridgehead atoms. The standard InChI is InChI=1S/C16H15F2N3O4S.Mg/c1-23-13-5-6-19-12(14(13)24-2)8-26(22)16-20-10-4-3-9(25-15(17)18)7-11(10)21-16;/h3-7,15H,8H2,1-2H3,(H,20,21);. The van der Waals surface area contributed by atoms with Gasteiger partial charge in [0.2, 0.25) is 0 Å². The second-order valence-corrected chi connectivity index (χ2v) is 6.45. The number of aromatic amines is 1. The molecule has 2 heterocycles. The molecule has 11 heteroatoms. The first-order valence-electron chi connectivity index (χ1n) is 7.40. The van der Waals surface area contributed by atoms with Crippen LogP contribution in [-0.4, -0.2) is 63.0 Å². The molecule has 1 N–H and O–H groups in total. The van der Waals surface area contributed by atoms with E-state index in [4.69, 9.17) is 9.47 Å². The number of rotatable bonds is 7. The Balaban J connectivity index is 0.00000261. The molecule has 0 saturated carbocycles. The first-order valence-corrected chi connectivity index (χ1v) is 8.72. The second kappa shape index (κ2) is 9.29. The van der Waals surface area contributed by atoms with Gasteiger partial charge in [-0.1, -0.05) is 0 Å². The molecule has 7 nitrogen and oxygen atoms in total. The summed E-state index contributed by atoms with van der Waals surface area (Å²) in [6.07, 6.45) is 1.53. The normalized spacial score (nSPS) is 11.9. The Morgan fingerprint density at radius 2 is 2.00 bits per heavy atom. The van der Waals surface area contributed by atoms with E-state index in [1.165, 1.54) is 38.6 Å². The highest BCUT2D eigenvalue weighted by atomic mass is 32.2. The highest BCUT2D eigenvalue weighted by molar-refractivity contribution is 7.84. The number of fused-ring (bicyclic) bond motifs is 1. The first kappa shape index (κ1) is 21.3. The molecule has 0 aliphatic heterocycles. The van der Waals surface area contributed by atoms with Crippen LogP contribution in [0.2, 0.25) is 0 Å². The summed E-state index contributed by atoms with van der Waals surface area (Å²) in [5.74, 6) is 0.908. The minimum absolute atomic E-state index is 0. The van der Waals surface area contributed by atoms with Gasteiger partial charge in [-0.3, -0.25) is 9.19 Å². The number of imidazole rings is 1. The van der Waals surface area contributed by atoms with Gasteiger partial charge in [-0.15, -0.1) is 0 Å². The van der Waals surface area contributed by atoms with Crippen molar-refractivity contribution in [3.8, 4) is 17.2 Å². The third-order valence-electron chi connectivity index (χ3n) is 3.51. The number of halogens is 2. The molecule has 2 aromatic heterocycles. The van der Waals surface area contributed by atoms with Gasteiger partial charge in [0.25, 0.3) is 0 Å². The third-order valence-corrected chi connectivity index (χ3v) is 4.67. The molecule has 3 rings (SSSR count). The number of aromatic nitrogens is 3. The van der Waals surface area contributed by atoms with E-state index in [1.54, 1.807) is 6.07 Å². The summed E-state index contributed by atoms with van der Waals surface area (Å²) in [7, 11) is 1.41. The van der Waals surface area contributed by atoms with Crippen LogP contribution >= 0.6 is 0 Å². The lowest BCUT2D eigenvalue weighted by Gasteiger charge is -2.10. The summed E-state index contributed by atoms with van der Waals surface area (Å²) in [5.41, 5.74) is 1.38. The van der Waals surface area contributed by atoms with Crippen molar-refractivity contribution in [2.24, 2.45) is 0 Å². The SMILES string of the molecule is COc1ccnc(CS(=O)c2nc3ccc(OC(F)F)cc3[nH]2)c1OC.[Mg]. The Morgan fingerprint density at radius 3 is 2.67 bits per heavy atom. The van der Waals surface area contributed by atoms with Crippen LogP contribution in [0.5, 0.6) is 17.2 Å². The fourth-order valence-corrected chi connectivity index (χ4v) is 3.41. The quantitative estimate of drug-likeness (QED) is 0.606. The average molecular weight is 408 g/mol. The molecular weight excluding hydrogens is 393 g/mol. The largest absolute Gasteiger partial charge is 0.493 e. The number of alkyl halides is 2. The molecule has 27 heavy (non-hydrogen) atoms. The average Bonchev–Trinajstić information content (AvgIpc) is 3.04. The molecule has 0 fully saturated rings. The summed E-state index contributed by atoms with van der Waals surface area (Å²) in [6.45, 7) is -2.92. The molecule has 140 valence electrons. The summed E-state index contributed by atoms with van der Waals surface area (Å²) in [6, 6.07) is 5.89. The summed E-state index contributed by atoms with van der Waals surface area (Å²) in [5, 5.41) is 0.195. The first-order chi connectivity index (χ1) is 12.5. The molecule has 0 spiro atoms. The van der Waals surface area contributed by atoms with Crippen LogP contribution in [0.1, 0.15) is 5.69 Å². The molecule has 0 aliphatic rings.